The van der Waals surface area contributed by atoms with Gasteiger partial charge in [-0.1, -0.05) is 23.4 Å². The minimum absolute atomic E-state index is 0.0100. The van der Waals surface area contributed by atoms with E-state index in [2.05, 4.69) is 30.7 Å². The van der Waals surface area contributed by atoms with Crippen LogP contribution in [0.4, 0.5) is 5.82 Å². The lowest BCUT2D eigenvalue weighted by atomic mass is 9.49. The predicted octanol–water partition coefficient (Wildman–Crippen LogP) is 1.22. The Kier molecular flexibility index (Phi) is 5.30. The molecule has 0 spiro atoms. The molecule has 0 saturated heterocycles. The molecular formula is C22H18B3N7O2. The molecule has 1 aliphatic carbocycles. The number of hydrogen-bond donors (Lipinski definition) is 3. The Morgan fingerprint density at radius 3 is 2.59 bits per heavy atom. The van der Waals surface area contributed by atoms with Crippen molar-refractivity contribution in [2.75, 3.05) is 5.32 Å². The van der Waals surface area contributed by atoms with Gasteiger partial charge in [-0.05, 0) is 30.5 Å². The number of hydrogen-bond acceptors (Lipinski definition) is 5. The predicted molar refractivity (Wildman–Crippen MR) is 130 cm³/mol. The maximum absolute atomic E-state index is 12.8. The molecule has 3 aromatic heterocycles. The smallest absolute Gasteiger partial charge is 0.251 e. The molecule has 2 amide bonds. The van der Waals surface area contributed by atoms with Crippen molar-refractivity contribution < 1.29 is 9.59 Å². The van der Waals surface area contributed by atoms with Crippen LogP contribution in [0.25, 0.3) is 33.5 Å². The number of nitrogens with zero attached hydrogens (tertiary/aromatic N) is 4. The standard InChI is InChI=1S/C22H18B3N7O2/c1-32-10-27-18(31-32)13-4-2-3-12(7-13)16-8-14-15(21(34)30-22(23,24)25)9-26-19(17(14)28-16)29-20(33)11-5-6-11/h2-4,7-11,28H,5-6H2,1H3,(H,30,34)(H,26,29,33). The summed E-state index contributed by atoms with van der Waals surface area (Å²) in [7, 11) is 18.4. The first-order chi connectivity index (χ1) is 16.2. The summed E-state index contributed by atoms with van der Waals surface area (Å²) in [6, 6.07) is 9.44. The summed E-state index contributed by atoms with van der Waals surface area (Å²) in [5.74, 6) is 0.211. The highest BCUT2D eigenvalue weighted by molar-refractivity contribution is 6.60. The Bertz CT molecular complexity index is 1420. The third-order valence-corrected chi connectivity index (χ3v) is 5.46. The number of carbonyl (C=O) groups is 2. The minimum Gasteiger partial charge on any atom is -0.372 e. The van der Waals surface area contributed by atoms with Crippen molar-refractivity contribution in [1.29, 1.82) is 0 Å². The van der Waals surface area contributed by atoms with Gasteiger partial charge in [-0.15, -0.1) is 0 Å². The molecule has 0 unspecified atom stereocenters. The van der Waals surface area contributed by atoms with Crippen LogP contribution in [-0.4, -0.2) is 65.3 Å². The molecule has 0 atom stereocenters. The summed E-state index contributed by atoms with van der Waals surface area (Å²) in [4.78, 5) is 37.1. The summed E-state index contributed by atoms with van der Waals surface area (Å²) in [5, 5.41) is 8.17. The topological polar surface area (TPSA) is 118 Å². The Morgan fingerprint density at radius 2 is 1.91 bits per heavy atom. The molecule has 5 rings (SSSR count). The van der Waals surface area contributed by atoms with Gasteiger partial charge in [-0.3, -0.25) is 14.3 Å². The second-order valence-electron chi connectivity index (χ2n) is 8.47. The molecule has 1 saturated carbocycles. The zero-order valence-electron chi connectivity index (χ0n) is 18.4. The summed E-state index contributed by atoms with van der Waals surface area (Å²) < 4.78 is 1.63. The molecule has 34 heavy (non-hydrogen) atoms. The number of aryl methyl sites for hydroxylation is 1. The van der Waals surface area contributed by atoms with Crippen LogP contribution in [-0.2, 0) is 11.8 Å². The van der Waals surface area contributed by atoms with Crippen LogP contribution in [0.1, 0.15) is 23.2 Å². The van der Waals surface area contributed by atoms with Crippen molar-refractivity contribution in [1.82, 2.24) is 30.0 Å². The lowest BCUT2D eigenvalue weighted by Gasteiger charge is -2.22. The number of carbonyl (C=O) groups excluding carboxylic acids is 2. The van der Waals surface area contributed by atoms with Gasteiger partial charge in [0, 0.05) is 35.8 Å². The van der Waals surface area contributed by atoms with Gasteiger partial charge in [0.1, 0.15) is 6.33 Å². The van der Waals surface area contributed by atoms with E-state index in [1.165, 1.54) is 6.20 Å². The number of anilines is 1. The fourth-order valence-corrected chi connectivity index (χ4v) is 3.67. The van der Waals surface area contributed by atoms with Crippen molar-refractivity contribution in [3.05, 3.63) is 48.4 Å². The monoisotopic (exact) mass is 445 g/mol. The zero-order valence-corrected chi connectivity index (χ0v) is 18.4. The van der Waals surface area contributed by atoms with Crippen molar-refractivity contribution in [3.8, 4) is 22.6 Å². The number of amides is 2. The van der Waals surface area contributed by atoms with Gasteiger partial charge in [0.15, 0.2) is 11.6 Å². The highest BCUT2D eigenvalue weighted by Gasteiger charge is 2.30. The lowest BCUT2D eigenvalue weighted by molar-refractivity contribution is -0.117. The fourth-order valence-electron chi connectivity index (χ4n) is 3.67. The Labute approximate surface area is 199 Å². The number of H-pyrrole nitrogens is 1. The molecule has 3 N–H and O–H groups in total. The van der Waals surface area contributed by atoms with E-state index in [-0.39, 0.29) is 17.4 Å². The highest BCUT2D eigenvalue weighted by Crippen LogP contribution is 2.34. The Balaban J connectivity index is 1.59. The first kappa shape index (κ1) is 22.0. The largest absolute Gasteiger partial charge is 0.372 e. The van der Waals surface area contributed by atoms with Crippen molar-refractivity contribution in [2.45, 2.75) is 18.1 Å². The average Bonchev–Trinajstić information content (AvgIpc) is 3.39. The number of pyridine rings is 1. The van der Waals surface area contributed by atoms with E-state index in [4.69, 9.17) is 23.5 Å². The summed E-state index contributed by atoms with van der Waals surface area (Å²) in [6.45, 7) is 0. The number of rotatable bonds is 6. The van der Waals surface area contributed by atoms with Gasteiger partial charge in [0.25, 0.3) is 5.91 Å². The van der Waals surface area contributed by atoms with Gasteiger partial charge in [-0.2, -0.15) is 5.10 Å². The van der Waals surface area contributed by atoms with Crippen LogP contribution in [0.2, 0.25) is 0 Å². The second-order valence-corrected chi connectivity index (χ2v) is 8.47. The van der Waals surface area contributed by atoms with Crippen molar-refractivity contribution in [3.63, 3.8) is 0 Å². The average molecular weight is 445 g/mol. The SMILES string of the molecule is [B]C([B])([B])NC(=O)c1cnc(NC(=O)C2CC2)c2[nH]c(-c3cccc(-c4ncn(C)n4)c3)cc12. The quantitative estimate of drug-likeness (QED) is 0.386. The highest BCUT2D eigenvalue weighted by atomic mass is 16.2. The van der Waals surface area contributed by atoms with Gasteiger partial charge >= 0.3 is 0 Å². The molecule has 0 bridgehead atoms. The van der Waals surface area contributed by atoms with Crippen LogP contribution in [0.3, 0.4) is 0 Å². The first-order valence-electron chi connectivity index (χ1n) is 10.7. The van der Waals surface area contributed by atoms with Gasteiger partial charge < -0.3 is 15.6 Å². The number of nitrogens with one attached hydrogen (secondary N) is 3. The molecule has 12 heteroatoms. The molecule has 162 valence electrons. The van der Waals surface area contributed by atoms with E-state index in [0.29, 0.717) is 28.2 Å². The van der Waals surface area contributed by atoms with Gasteiger partial charge in [0.05, 0.1) is 34.6 Å². The van der Waals surface area contributed by atoms with Crippen LogP contribution >= 0.6 is 0 Å². The molecule has 0 aliphatic heterocycles. The molecule has 1 aliphatic rings. The molecule has 1 fully saturated rings. The molecule has 3 heterocycles. The van der Waals surface area contributed by atoms with Crippen LogP contribution in [0.5, 0.6) is 0 Å². The normalized spacial score (nSPS) is 13.7. The summed E-state index contributed by atoms with van der Waals surface area (Å²) in [6.07, 6.45) is 4.69. The first-order valence-corrected chi connectivity index (χ1v) is 10.7. The fraction of sp³-hybridized carbons (Fsp3) is 0.227. The van der Waals surface area contributed by atoms with E-state index < -0.39 is 11.1 Å². The van der Waals surface area contributed by atoms with Gasteiger partial charge in [-0.25, -0.2) is 9.97 Å². The van der Waals surface area contributed by atoms with E-state index in [1.807, 2.05) is 24.3 Å². The van der Waals surface area contributed by atoms with Crippen LogP contribution in [0.15, 0.2) is 42.9 Å². The zero-order chi connectivity index (χ0) is 24.0. The summed E-state index contributed by atoms with van der Waals surface area (Å²) >= 11 is 0. The molecular weight excluding hydrogens is 427 g/mol. The number of aromatic amines is 1. The van der Waals surface area contributed by atoms with Crippen LogP contribution < -0.4 is 10.6 Å². The number of aromatic nitrogens is 5. The van der Waals surface area contributed by atoms with E-state index in [1.54, 1.807) is 24.1 Å². The number of benzene rings is 1. The maximum atomic E-state index is 12.8. The molecule has 4 aromatic rings. The summed E-state index contributed by atoms with van der Waals surface area (Å²) in [5.41, 5.74) is 3.06. The molecule has 9 nitrogen and oxygen atoms in total. The minimum atomic E-state index is -1.90. The third kappa shape index (κ3) is 4.48. The second kappa shape index (κ2) is 8.20. The van der Waals surface area contributed by atoms with E-state index in [0.717, 1.165) is 24.0 Å². The maximum Gasteiger partial charge on any atom is 0.251 e. The molecule has 1 aromatic carbocycles. The number of fused-ring (bicyclic) bond motifs is 1. The molecule has 6 radical (unpaired) electrons. The van der Waals surface area contributed by atoms with E-state index in [9.17, 15) is 9.59 Å². The Hall–Kier alpha value is -3.82. The Morgan fingerprint density at radius 1 is 1.15 bits per heavy atom. The third-order valence-electron chi connectivity index (χ3n) is 5.46. The van der Waals surface area contributed by atoms with Gasteiger partial charge in [0.2, 0.25) is 5.91 Å². The van der Waals surface area contributed by atoms with Crippen molar-refractivity contribution in [2.24, 2.45) is 13.0 Å². The lowest BCUT2D eigenvalue weighted by Crippen LogP contribution is -2.50. The van der Waals surface area contributed by atoms with Crippen molar-refractivity contribution >= 4 is 52.1 Å². The van der Waals surface area contributed by atoms with E-state index >= 15 is 0 Å². The van der Waals surface area contributed by atoms with Crippen LogP contribution in [0, 0.1) is 5.92 Å².